The second kappa shape index (κ2) is 18.5. The van der Waals surface area contributed by atoms with Crippen molar-refractivity contribution in [1.29, 1.82) is 0 Å². The number of hydrogen-bond acceptors (Lipinski definition) is 7. The molecule has 0 saturated carbocycles. The van der Waals surface area contributed by atoms with Gasteiger partial charge in [-0.05, 0) is 75.7 Å². The molecule has 1 saturated heterocycles. The van der Waals surface area contributed by atoms with Crippen LogP contribution in [0, 0.1) is 30.6 Å². The fraction of sp³-hybridized carbons (Fsp3) is 0.500. The summed E-state index contributed by atoms with van der Waals surface area (Å²) in [6, 6.07) is 15.4. The molecule has 1 fully saturated rings. The third kappa shape index (κ3) is 12.7. The predicted molar refractivity (Wildman–Crippen MR) is 178 cm³/mol. The summed E-state index contributed by atoms with van der Waals surface area (Å²) < 4.78 is 29.6. The van der Waals surface area contributed by atoms with E-state index in [4.69, 9.17) is 4.55 Å². The second-order valence-electron chi connectivity index (χ2n) is 12.6. The van der Waals surface area contributed by atoms with Crippen LogP contribution in [-0.2, 0) is 24.5 Å². The van der Waals surface area contributed by atoms with Crippen LogP contribution in [0.4, 0.5) is 0 Å². The Kier molecular flexibility index (Phi) is 15.6. The van der Waals surface area contributed by atoms with Crippen molar-refractivity contribution in [2.24, 2.45) is 23.7 Å². The Balaban J connectivity index is 0.000000562. The lowest BCUT2D eigenvalue weighted by atomic mass is 9.82. The molecule has 1 aliphatic rings. The lowest BCUT2D eigenvalue weighted by Gasteiger charge is -2.33. The molecule has 11 nitrogen and oxygen atoms in total. The molecule has 0 radical (unpaired) electrons. The highest BCUT2D eigenvalue weighted by molar-refractivity contribution is 7.85. The molecule has 2 aromatic carbocycles. The van der Waals surface area contributed by atoms with Gasteiger partial charge in [-0.3, -0.25) is 39.5 Å². The first-order valence-electron chi connectivity index (χ1n) is 15.7. The van der Waals surface area contributed by atoms with Gasteiger partial charge in [0.25, 0.3) is 16.0 Å². The van der Waals surface area contributed by atoms with Gasteiger partial charge in [-0.25, -0.2) is 5.48 Å². The van der Waals surface area contributed by atoms with Gasteiger partial charge in [0.1, 0.15) is 0 Å². The largest absolute Gasteiger partial charge is 0.295 e. The number of amides is 3. The van der Waals surface area contributed by atoms with Crippen molar-refractivity contribution in [2.45, 2.75) is 71.2 Å². The minimum Gasteiger partial charge on any atom is -0.295 e. The van der Waals surface area contributed by atoms with E-state index in [0.717, 1.165) is 30.5 Å². The molecule has 3 rings (SSSR count). The van der Waals surface area contributed by atoms with Gasteiger partial charge in [-0.2, -0.15) is 8.42 Å². The molecule has 0 bridgehead atoms. The highest BCUT2D eigenvalue weighted by Gasteiger charge is 2.37. The predicted octanol–water partition coefficient (Wildman–Crippen LogP) is 4.73. The average molecular weight is 659 g/mol. The number of carbonyl (C=O) groups is 3. The summed E-state index contributed by atoms with van der Waals surface area (Å²) in [5.41, 5.74) is 6.53. The Morgan fingerprint density at radius 3 is 2.11 bits per heavy atom. The molecular weight excluding hydrogens is 608 g/mol. The topological polar surface area (TPSA) is 156 Å². The lowest BCUT2D eigenvalue weighted by molar-refractivity contribution is -0.149. The fourth-order valence-electron chi connectivity index (χ4n) is 5.30. The summed E-state index contributed by atoms with van der Waals surface area (Å²) >= 11 is 0. The maximum atomic E-state index is 13.6. The van der Waals surface area contributed by atoms with Gasteiger partial charge in [-0.15, -0.1) is 0 Å². The van der Waals surface area contributed by atoms with Crippen LogP contribution in [0.5, 0.6) is 0 Å². The van der Waals surface area contributed by atoms with Crippen molar-refractivity contribution in [3.63, 3.8) is 0 Å². The summed E-state index contributed by atoms with van der Waals surface area (Å²) in [6.45, 7) is 11.0. The molecule has 0 aliphatic carbocycles. The molecule has 0 unspecified atom stereocenters. The van der Waals surface area contributed by atoms with Gasteiger partial charge < -0.3 is 0 Å². The second-order valence-corrected chi connectivity index (χ2v) is 14.0. The molecule has 12 heteroatoms. The van der Waals surface area contributed by atoms with E-state index >= 15 is 0 Å². The minimum atomic E-state index is -4.02. The summed E-state index contributed by atoms with van der Waals surface area (Å²) in [5, 5.41) is 10.9. The Bertz CT molecular complexity index is 1400. The van der Waals surface area contributed by atoms with Crippen LogP contribution in [0.15, 0.2) is 65.6 Å². The number of hydrazine groups is 1. The number of nitrogens with one attached hydrogen (secondary N) is 2. The van der Waals surface area contributed by atoms with E-state index in [1.807, 2.05) is 89.1 Å². The van der Waals surface area contributed by atoms with Gasteiger partial charge in [0.2, 0.25) is 11.8 Å². The van der Waals surface area contributed by atoms with Crippen molar-refractivity contribution in [1.82, 2.24) is 20.8 Å². The molecule has 1 heterocycles. The number of carbonyl (C=O) groups excluding carboxylic acids is 3. The fourth-order valence-corrected chi connectivity index (χ4v) is 5.78. The smallest absolute Gasteiger partial charge is 0.294 e. The Labute approximate surface area is 273 Å². The van der Waals surface area contributed by atoms with E-state index < -0.39 is 27.9 Å². The maximum Gasteiger partial charge on any atom is 0.294 e. The number of likely N-dealkylation sites (N-methyl/N-ethyl adjacent to an activating group) is 1. The number of rotatable bonds is 12. The number of benzene rings is 2. The number of allylic oxidation sites excluding steroid dienone is 1. The molecule has 3 amide bonds. The van der Waals surface area contributed by atoms with E-state index in [0.29, 0.717) is 13.0 Å². The van der Waals surface area contributed by atoms with Crippen molar-refractivity contribution in [2.75, 3.05) is 20.1 Å². The summed E-state index contributed by atoms with van der Waals surface area (Å²) in [7, 11) is -2.10. The van der Waals surface area contributed by atoms with Crippen LogP contribution in [0.2, 0.25) is 0 Å². The first-order valence-corrected chi connectivity index (χ1v) is 17.1. The summed E-state index contributed by atoms with van der Waals surface area (Å²) in [5.74, 6) is -2.33. The molecule has 254 valence electrons. The maximum absolute atomic E-state index is 13.6. The number of hydroxylamine groups is 1. The molecule has 46 heavy (non-hydrogen) atoms. The Hall–Kier alpha value is -3.58. The number of nitrogens with zero attached hydrogens (tertiary/aromatic N) is 2. The van der Waals surface area contributed by atoms with Crippen LogP contribution in [0.25, 0.3) is 6.08 Å². The lowest BCUT2D eigenvalue weighted by Crippen LogP contribution is -2.56. The number of hydrogen-bond donors (Lipinski definition) is 4. The molecule has 1 aliphatic heterocycles. The van der Waals surface area contributed by atoms with Crippen molar-refractivity contribution in [3.8, 4) is 0 Å². The highest BCUT2D eigenvalue weighted by atomic mass is 32.2. The van der Waals surface area contributed by atoms with Gasteiger partial charge in [0, 0.05) is 6.54 Å². The first kappa shape index (κ1) is 38.6. The van der Waals surface area contributed by atoms with Crippen molar-refractivity contribution in [3.05, 3.63) is 71.8 Å². The summed E-state index contributed by atoms with van der Waals surface area (Å²) in [6.07, 6.45) is 6.16. The van der Waals surface area contributed by atoms with Crippen LogP contribution >= 0.6 is 0 Å². The zero-order valence-corrected chi connectivity index (χ0v) is 28.5. The normalized spacial score (nSPS) is 16.5. The van der Waals surface area contributed by atoms with Gasteiger partial charge >= 0.3 is 0 Å². The standard InChI is InChI=1S/C27H42N4O4.C7H8O3S/c1-19(2)17-23(22(26(33)29-35)14-9-13-21-11-7-6-8-12-21)25(32)28-31(18-20(3)4)27(34)24-15-10-16-30(24)5;1-6-2-4-7(5-3-6)11(8,9)10/h6-9,11-13,19-20,22-24,35H,10,14-18H2,1-5H3,(H,28,32)(H,29,33);2-5H,1H3,(H,8,9,10)/t22-,23+,24+;/m0./s1. The number of aryl methyl sites for hydroxylation is 1. The molecule has 2 aromatic rings. The van der Waals surface area contributed by atoms with Crippen molar-refractivity contribution < 1.29 is 32.6 Å². The zero-order valence-electron chi connectivity index (χ0n) is 27.7. The van der Waals surface area contributed by atoms with Crippen LogP contribution < -0.4 is 10.9 Å². The third-order valence-corrected chi connectivity index (χ3v) is 8.55. The summed E-state index contributed by atoms with van der Waals surface area (Å²) in [4.78, 5) is 41.5. The van der Waals surface area contributed by atoms with Crippen LogP contribution in [0.3, 0.4) is 0 Å². The molecule has 4 N–H and O–H groups in total. The van der Waals surface area contributed by atoms with E-state index in [9.17, 15) is 28.0 Å². The average Bonchev–Trinajstić information content (AvgIpc) is 3.43. The SMILES string of the molecule is CC(C)C[C@@H](C(=O)NN(CC(C)C)C(=O)[C@H]1CCCN1C)[C@H](CC=Cc1ccccc1)C(=O)NO.Cc1ccc(S(=O)(=O)O)cc1. The van der Waals surface area contributed by atoms with Gasteiger partial charge in [0.05, 0.1) is 22.8 Å². The monoisotopic (exact) mass is 658 g/mol. The quantitative estimate of drug-likeness (QED) is 0.145. The van der Waals surface area contributed by atoms with Crippen LogP contribution in [-0.4, -0.2) is 72.0 Å². The third-order valence-electron chi connectivity index (χ3n) is 7.68. The van der Waals surface area contributed by atoms with E-state index in [-0.39, 0.29) is 41.0 Å². The highest BCUT2D eigenvalue weighted by Crippen LogP contribution is 2.26. The van der Waals surface area contributed by atoms with E-state index in [1.54, 1.807) is 17.6 Å². The first-order chi connectivity index (χ1) is 21.6. The van der Waals surface area contributed by atoms with Gasteiger partial charge in [-0.1, -0.05) is 87.9 Å². The molecule has 0 aromatic heterocycles. The molecule has 3 atom stereocenters. The van der Waals surface area contributed by atoms with Crippen LogP contribution in [0.1, 0.15) is 64.5 Å². The number of likely N-dealkylation sites (tertiary alicyclic amines) is 1. The van der Waals surface area contributed by atoms with E-state index in [1.165, 1.54) is 17.1 Å². The minimum absolute atomic E-state index is 0.0666. The zero-order chi connectivity index (χ0) is 34.4. The Morgan fingerprint density at radius 2 is 1.61 bits per heavy atom. The van der Waals surface area contributed by atoms with Crippen molar-refractivity contribution >= 4 is 33.9 Å². The van der Waals surface area contributed by atoms with Gasteiger partial charge in [0.15, 0.2) is 0 Å². The molecule has 0 spiro atoms. The molecular formula is C34H50N4O7S. The van der Waals surface area contributed by atoms with E-state index in [2.05, 4.69) is 5.43 Å². The Morgan fingerprint density at radius 1 is 0.978 bits per heavy atom.